The molecular weight excluding hydrogens is 344 g/mol. The van der Waals surface area contributed by atoms with Gasteiger partial charge >= 0.3 is 0 Å². The van der Waals surface area contributed by atoms with E-state index in [1.54, 1.807) is 4.90 Å². The van der Waals surface area contributed by atoms with Gasteiger partial charge in [-0.3, -0.25) is 24.6 Å². The highest BCUT2D eigenvalue weighted by atomic mass is 16.2. The largest absolute Gasteiger partial charge is 0.326 e. The third kappa shape index (κ3) is 2.68. The lowest BCUT2D eigenvalue weighted by atomic mass is 10.0. The van der Waals surface area contributed by atoms with Gasteiger partial charge in [0.1, 0.15) is 6.04 Å². The first-order valence-electron chi connectivity index (χ1n) is 9.77. The van der Waals surface area contributed by atoms with Gasteiger partial charge in [0.2, 0.25) is 11.8 Å². The Balaban J connectivity index is 1.33. The van der Waals surface area contributed by atoms with Crippen LogP contribution in [0.5, 0.6) is 0 Å². The lowest BCUT2D eigenvalue weighted by Gasteiger charge is -2.29. The summed E-state index contributed by atoms with van der Waals surface area (Å²) in [6, 6.07) is 6.24. The molecule has 3 amide bonds. The molecule has 1 aromatic carbocycles. The summed E-state index contributed by atoms with van der Waals surface area (Å²) < 4.78 is 0. The third-order valence-corrected chi connectivity index (χ3v) is 6.74. The van der Waals surface area contributed by atoms with E-state index in [1.165, 1.54) is 12.8 Å². The Morgan fingerprint density at radius 3 is 2.70 bits per heavy atom. The van der Waals surface area contributed by atoms with Gasteiger partial charge in [0, 0.05) is 43.7 Å². The van der Waals surface area contributed by atoms with E-state index in [0.29, 0.717) is 30.5 Å². The van der Waals surface area contributed by atoms with E-state index in [0.717, 1.165) is 24.2 Å². The molecule has 4 atom stereocenters. The van der Waals surface area contributed by atoms with Crippen molar-refractivity contribution >= 4 is 17.7 Å². The number of piperidine rings is 2. The van der Waals surface area contributed by atoms with Gasteiger partial charge in [0.05, 0.1) is 0 Å². The molecule has 4 aliphatic rings. The predicted molar refractivity (Wildman–Crippen MR) is 97.4 cm³/mol. The maximum absolute atomic E-state index is 12.9. The summed E-state index contributed by atoms with van der Waals surface area (Å²) in [4.78, 5) is 40.5. The number of rotatable bonds is 3. The maximum atomic E-state index is 12.9. The number of nitrogens with zero attached hydrogens (tertiary/aromatic N) is 2. The average molecular weight is 368 g/mol. The molecule has 0 radical (unpaired) electrons. The van der Waals surface area contributed by atoms with Crippen LogP contribution < -0.4 is 11.1 Å². The number of likely N-dealkylation sites (tertiary alicyclic amines) is 1. The molecule has 142 valence electrons. The molecular formula is C20H24N4O3. The van der Waals surface area contributed by atoms with E-state index in [4.69, 9.17) is 5.73 Å². The molecule has 7 heteroatoms. The molecule has 3 aliphatic heterocycles. The van der Waals surface area contributed by atoms with Crippen molar-refractivity contribution in [2.24, 2.45) is 11.7 Å². The van der Waals surface area contributed by atoms with Gasteiger partial charge in [-0.15, -0.1) is 0 Å². The number of fused-ring (bicyclic) bond motifs is 3. The van der Waals surface area contributed by atoms with Crippen molar-refractivity contribution in [2.45, 2.75) is 56.9 Å². The highest BCUT2D eigenvalue weighted by Crippen LogP contribution is 2.38. The monoisotopic (exact) mass is 368 g/mol. The zero-order valence-corrected chi connectivity index (χ0v) is 15.2. The number of carbonyl (C=O) groups excluding carboxylic acids is 3. The molecule has 3 heterocycles. The lowest BCUT2D eigenvalue weighted by molar-refractivity contribution is -0.136. The molecule has 3 N–H and O–H groups in total. The van der Waals surface area contributed by atoms with Crippen molar-refractivity contribution in [3.05, 3.63) is 34.9 Å². The van der Waals surface area contributed by atoms with Crippen molar-refractivity contribution in [1.82, 2.24) is 15.1 Å². The first-order valence-corrected chi connectivity index (χ1v) is 9.77. The molecule has 1 aliphatic carbocycles. The van der Waals surface area contributed by atoms with Gasteiger partial charge < -0.3 is 10.6 Å². The van der Waals surface area contributed by atoms with Crippen LogP contribution in [0, 0.1) is 5.92 Å². The number of nitrogens with one attached hydrogen (secondary N) is 1. The van der Waals surface area contributed by atoms with Crippen molar-refractivity contribution in [2.75, 3.05) is 6.54 Å². The molecule has 1 saturated carbocycles. The number of hydrogen-bond donors (Lipinski definition) is 2. The van der Waals surface area contributed by atoms with Crippen LogP contribution in [0.3, 0.4) is 0 Å². The van der Waals surface area contributed by atoms with Crippen molar-refractivity contribution in [3.8, 4) is 0 Å². The molecule has 3 fully saturated rings. The van der Waals surface area contributed by atoms with Crippen LogP contribution in [0.15, 0.2) is 18.2 Å². The molecule has 2 saturated heterocycles. The van der Waals surface area contributed by atoms with E-state index >= 15 is 0 Å². The van der Waals surface area contributed by atoms with Crippen LogP contribution in [0.25, 0.3) is 0 Å². The summed E-state index contributed by atoms with van der Waals surface area (Å²) in [7, 11) is 0. The predicted octanol–water partition coefficient (Wildman–Crippen LogP) is 0.369. The minimum absolute atomic E-state index is 0.110. The van der Waals surface area contributed by atoms with Crippen molar-refractivity contribution < 1.29 is 14.4 Å². The molecule has 1 aromatic rings. The normalized spacial score (nSPS) is 32.9. The summed E-state index contributed by atoms with van der Waals surface area (Å²) in [6.07, 6.45) is 3.07. The fourth-order valence-electron chi connectivity index (χ4n) is 5.28. The van der Waals surface area contributed by atoms with Gasteiger partial charge in [-0.2, -0.15) is 0 Å². The highest BCUT2D eigenvalue weighted by Gasteiger charge is 2.44. The second kappa shape index (κ2) is 6.14. The van der Waals surface area contributed by atoms with Crippen LogP contribution in [0.1, 0.15) is 47.2 Å². The van der Waals surface area contributed by atoms with Gasteiger partial charge in [-0.25, -0.2) is 0 Å². The van der Waals surface area contributed by atoms with Crippen LogP contribution >= 0.6 is 0 Å². The Labute approximate surface area is 157 Å². The number of amides is 3. The quantitative estimate of drug-likeness (QED) is 0.752. The third-order valence-electron chi connectivity index (χ3n) is 6.74. The Bertz CT molecular complexity index is 839. The van der Waals surface area contributed by atoms with Crippen molar-refractivity contribution in [1.29, 1.82) is 0 Å². The van der Waals surface area contributed by atoms with E-state index in [1.807, 2.05) is 12.1 Å². The number of imide groups is 1. The smallest absolute Gasteiger partial charge is 0.255 e. The molecule has 0 spiro atoms. The van der Waals surface area contributed by atoms with Crippen LogP contribution in [0.4, 0.5) is 0 Å². The Kier molecular flexibility index (Phi) is 3.84. The second-order valence-electron chi connectivity index (χ2n) is 8.30. The first-order chi connectivity index (χ1) is 13.0. The standard InChI is InChI=1S/C20H24N4O3/c21-18-13-3-4-15(18)23(9-13)8-11-1-2-12-10-24(20(27)14(12)7-11)16-5-6-17(25)22-19(16)26/h1-2,7,13,15-16,18H,3-6,8-10,21H2,(H,22,25,26)/t13-,15-,16?,18-/m1/s1. The Hall–Kier alpha value is -2.25. The summed E-state index contributed by atoms with van der Waals surface area (Å²) in [6.45, 7) is 2.28. The SMILES string of the molecule is N[C@@H]1[C@@H]2CC[C@H]1N(Cc1ccc3c(c1)C(=O)N(C1CCC(=O)NC1=O)C3)C2. The van der Waals surface area contributed by atoms with Crippen molar-refractivity contribution in [3.63, 3.8) is 0 Å². The summed E-state index contributed by atoms with van der Waals surface area (Å²) >= 11 is 0. The van der Waals surface area contributed by atoms with Gasteiger partial charge in [-0.05, 0) is 42.4 Å². The second-order valence-corrected chi connectivity index (χ2v) is 8.30. The first kappa shape index (κ1) is 16.9. The Morgan fingerprint density at radius 2 is 2.00 bits per heavy atom. The minimum Gasteiger partial charge on any atom is -0.326 e. The zero-order chi connectivity index (χ0) is 18.7. The fraction of sp³-hybridized carbons (Fsp3) is 0.550. The fourth-order valence-corrected chi connectivity index (χ4v) is 5.28. The molecule has 0 aromatic heterocycles. The average Bonchev–Trinajstić information content (AvgIpc) is 3.26. The number of benzene rings is 1. The minimum atomic E-state index is -0.557. The number of nitrogens with two attached hydrogens (primary N) is 1. The summed E-state index contributed by atoms with van der Waals surface area (Å²) in [5.41, 5.74) is 9.06. The lowest BCUT2D eigenvalue weighted by Crippen LogP contribution is -2.52. The van der Waals surface area contributed by atoms with E-state index in [9.17, 15) is 14.4 Å². The van der Waals surface area contributed by atoms with E-state index < -0.39 is 6.04 Å². The molecule has 2 bridgehead atoms. The topological polar surface area (TPSA) is 95.7 Å². The molecule has 27 heavy (non-hydrogen) atoms. The molecule has 7 nitrogen and oxygen atoms in total. The number of carbonyl (C=O) groups is 3. The highest BCUT2D eigenvalue weighted by molar-refractivity contribution is 6.05. The number of hydrogen-bond acceptors (Lipinski definition) is 5. The Morgan fingerprint density at radius 1 is 1.15 bits per heavy atom. The molecule has 5 rings (SSSR count). The van der Waals surface area contributed by atoms with Gasteiger partial charge in [0.15, 0.2) is 0 Å². The summed E-state index contributed by atoms with van der Waals surface area (Å²) in [5, 5.41) is 2.34. The van der Waals surface area contributed by atoms with E-state index in [-0.39, 0.29) is 30.2 Å². The van der Waals surface area contributed by atoms with Gasteiger partial charge in [0.25, 0.3) is 5.91 Å². The molecule has 1 unspecified atom stereocenters. The van der Waals surface area contributed by atoms with E-state index in [2.05, 4.69) is 16.3 Å². The summed E-state index contributed by atoms with van der Waals surface area (Å²) in [5.74, 6) is -0.134. The van der Waals surface area contributed by atoms with Gasteiger partial charge in [-0.1, -0.05) is 12.1 Å². The van der Waals surface area contributed by atoms with Crippen LogP contribution in [-0.4, -0.2) is 52.2 Å². The van der Waals surface area contributed by atoms with Crippen LogP contribution in [-0.2, 0) is 22.7 Å². The van der Waals surface area contributed by atoms with Crippen LogP contribution in [0.2, 0.25) is 0 Å². The maximum Gasteiger partial charge on any atom is 0.255 e. The zero-order valence-electron chi connectivity index (χ0n) is 15.2.